The standard InChI is InChI=1S/C13H14ClN3/c1-3-7-15-13-16-8-9-17(13)12-6-4-5-11(14)10(12)2/h3-6,8-9H,1,7H2,2H3,(H,15,16). The predicted octanol–water partition coefficient (Wildman–Crippen LogP) is 3.43. The molecule has 2 rings (SSSR count). The third-order valence-electron chi connectivity index (χ3n) is 2.54. The van der Waals surface area contributed by atoms with E-state index in [0.29, 0.717) is 6.54 Å². The summed E-state index contributed by atoms with van der Waals surface area (Å²) in [6.45, 7) is 6.35. The van der Waals surface area contributed by atoms with Gasteiger partial charge in [0.05, 0.1) is 5.69 Å². The van der Waals surface area contributed by atoms with Crippen molar-refractivity contribution >= 4 is 17.5 Å². The van der Waals surface area contributed by atoms with E-state index in [1.54, 1.807) is 12.3 Å². The minimum absolute atomic E-state index is 0.677. The summed E-state index contributed by atoms with van der Waals surface area (Å²) < 4.78 is 1.98. The third-order valence-corrected chi connectivity index (χ3v) is 2.95. The first-order chi connectivity index (χ1) is 8.24. The number of nitrogens with zero attached hydrogens (tertiary/aromatic N) is 2. The van der Waals surface area contributed by atoms with Crippen molar-refractivity contribution in [3.63, 3.8) is 0 Å². The Bertz CT molecular complexity index is 531. The largest absolute Gasteiger partial charge is 0.352 e. The summed E-state index contributed by atoms with van der Waals surface area (Å²) in [6.07, 6.45) is 5.46. The highest BCUT2D eigenvalue weighted by molar-refractivity contribution is 6.31. The van der Waals surface area contributed by atoms with Crippen LogP contribution in [-0.2, 0) is 0 Å². The summed E-state index contributed by atoms with van der Waals surface area (Å²) in [6, 6.07) is 5.83. The van der Waals surface area contributed by atoms with Crippen molar-refractivity contribution in [2.75, 3.05) is 11.9 Å². The van der Waals surface area contributed by atoms with E-state index in [9.17, 15) is 0 Å². The molecule has 0 saturated heterocycles. The van der Waals surface area contributed by atoms with E-state index in [2.05, 4.69) is 16.9 Å². The topological polar surface area (TPSA) is 29.9 Å². The molecule has 0 aliphatic rings. The van der Waals surface area contributed by atoms with E-state index in [0.717, 1.165) is 22.2 Å². The molecule has 1 aromatic heterocycles. The zero-order valence-electron chi connectivity index (χ0n) is 9.65. The van der Waals surface area contributed by atoms with Gasteiger partial charge in [-0.25, -0.2) is 4.98 Å². The predicted molar refractivity (Wildman–Crippen MR) is 72.0 cm³/mol. The summed E-state index contributed by atoms with van der Waals surface area (Å²) in [4.78, 5) is 4.26. The first-order valence-corrected chi connectivity index (χ1v) is 5.75. The molecule has 1 N–H and O–H groups in total. The normalized spacial score (nSPS) is 10.2. The average Bonchev–Trinajstić information content (AvgIpc) is 2.78. The van der Waals surface area contributed by atoms with Crippen molar-refractivity contribution in [1.82, 2.24) is 9.55 Å². The Hall–Kier alpha value is -1.74. The molecule has 0 amide bonds. The number of aromatic nitrogens is 2. The molecule has 0 fully saturated rings. The van der Waals surface area contributed by atoms with Crippen molar-refractivity contribution in [2.45, 2.75) is 6.92 Å². The molecule has 1 heterocycles. The van der Waals surface area contributed by atoms with Crippen LogP contribution in [0.25, 0.3) is 5.69 Å². The third kappa shape index (κ3) is 2.34. The van der Waals surface area contributed by atoms with Crippen LogP contribution in [0.3, 0.4) is 0 Å². The summed E-state index contributed by atoms with van der Waals surface area (Å²) in [5, 5.41) is 3.93. The van der Waals surface area contributed by atoms with Crippen LogP contribution in [0, 0.1) is 6.92 Å². The van der Waals surface area contributed by atoms with Crippen molar-refractivity contribution in [2.24, 2.45) is 0 Å². The zero-order valence-corrected chi connectivity index (χ0v) is 10.4. The van der Waals surface area contributed by atoms with Crippen molar-refractivity contribution in [3.8, 4) is 5.69 Å². The molecule has 3 nitrogen and oxygen atoms in total. The molecule has 0 bridgehead atoms. The molecule has 0 saturated carbocycles. The molecule has 0 radical (unpaired) electrons. The van der Waals surface area contributed by atoms with Crippen LogP contribution in [0.1, 0.15) is 5.56 Å². The maximum absolute atomic E-state index is 6.12. The summed E-state index contributed by atoms with van der Waals surface area (Å²) in [5.74, 6) is 0.787. The first kappa shape index (κ1) is 11.7. The fourth-order valence-electron chi connectivity index (χ4n) is 1.65. The maximum Gasteiger partial charge on any atom is 0.207 e. The van der Waals surface area contributed by atoms with Crippen LogP contribution in [0.15, 0.2) is 43.2 Å². The molecule has 4 heteroatoms. The van der Waals surface area contributed by atoms with E-state index in [-0.39, 0.29) is 0 Å². The number of hydrogen-bond acceptors (Lipinski definition) is 2. The quantitative estimate of drug-likeness (QED) is 0.839. The van der Waals surface area contributed by atoms with E-state index in [1.807, 2.05) is 35.9 Å². The summed E-state index contributed by atoms with van der Waals surface area (Å²) in [5.41, 5.74) is 2.07. The molecule has 17 heavy (non-hydrogen) atoms. The Morgan fingerprint density at radius 1 is 1.53 bits per heavy atom. The number of imidazole rings is 1. The van der Waals surface area contributed by atoms with Gasteiger partial charge in [-0.2, -0.15) is 0 Å². The number of nitrogens with one attached hydrogen (secondary N) is 1. The molecule has 0 spiro atoms. The number of anilines is 1. The van der Waals surface area contributed by atoms with E-state index in [1.165, 1.54) is 0 Å². The molecule has 1 aromatic carbocycles. The summed E-state index contributed by atoms with van der Waals surface area (Å²) >= 11 is 6.12. The van der Waals surface area contributed by atoms with E-state index in [4.69, 9.17) is 11.6 Å². The lowest BCUT2D eigenvalue weighted by molar-refractivity contribution is 1.03. The van der Waals surface area contributed by atoms with Crippen molar-refractivity contribution in [1.29, 1.82) is 0 Å². The van der Waals surface area contributed by atoms with Crippen LogP contribution in [0.4, 0.5) is 5.95 Å². The SMILES string of the molecule is C=CCNc1nccn1-c1cccc(Cl)c1C. The minimum Gasteiger partial charge on any atom is -0.352 e. The van der Waals surface area contributed by atoms with Gasteiger partial charge in [0.2, 0.25) is 5.95 Å². The average molecular weight is 248 g/mol. The Morgan fingerprint density at radius 3 is 3.12 bits per heavy atom. The van der Waals surface area contributed by atoms with Gasteiger partial charge in [-0.1, -0.05) is 23.7 Å². The fourth-order valence-corrected chi connectivity index (χ4v) is 1.82. The van der Waals surface area contributed by atoms with Crippen molar-refractivity contribution < 1.29 is 0 Å². The highest BCUT2D eigenvalue weighted by Crippen LogP contribution is 2.24. The highest BCUT2D eigenvalue weighted by atomic mass is 35.5. The molecule has 0 aliphatic carbocycles. The lowest BCUT2D eigenvalue weighted by Gasteiger charge is -2.12. The molecule has 88 valence electrons. The maximum atomic E-state index is 6.12. The van der Waals surface area contributed by atoms with Crippen LogP contribution >= 0.6 is 11.6 Å². The minimum atomic E-state index is 0.677. The van der Waals surface area contributed by atoms with Gasteiger partial charge in [0, 0.05) is 24.0 Å². The zero-order chi connectivity index (χ0) is 12.3. The Labute approximate surface area is 106 Å². The van der Waals surface area contributed by atoms with Gasteiger partial charge in [-0.05, 0) is 24.6 Å². The Morgan fingerprint density at radius 2 is 2.35 bits per heavy atom. The van der Waals surface area contributed by atoms with Crippen LogP contribution < -0.4 is 5.32 Å². The summed E-state index contributed by atoms with van der Waals surface area (Å²) in [7, 11) is 0. The van der Waals surface area contributed by atoms with Gasteiger partial charge in [0.1, 0.15) is 0 Å². The van der Waals surface area contributed by atoms with Crippen LogP contribution in [0.2, 0.25) is 5.02 Å². The Balaban J connectivity index is 2.42. The van der Waals surface area contributed by atoms with Gasteiger partial charge in [-0.15, -0.1) is 6.58 Å². The van der Waals surface area contributed by atoms with Gasteiger partial charge in [0.25, 0.3) is 0 Å². The number of halogens is 1. The number of rotatable bonds is 4. The van der Waals surface area contributed by atoms with Crippen LogP contribution in [-0.4, -0.2) is 16.1 Å². The van der Waals surface area contributed by atoms with Gasteiger partial charge < -0.3 is 5.32 Å². The first-order valence-electron chi connectivity index (χ1n) is 5.37. The second kappa shape index (κ2) is 5.06. The highest BCUT2D eigenvalue weighted by Gasteiger charge is 2.08. The molecule has 0 unspecified atom stereocenters. The number of benzene rings is 1. The molecule has 0 atom stereocenters. The lowest BCUT2D eigenvalue weighted by atomic mass is 10.2. The van der Waals surface area contributed by atoms with E-state index < -0.39 is 0 Å². The molecule has 2 aromatic rings. The molecular formula is C13H14ClN3. The van der Waals surface area contributed by atoms with Gasteiger partial charge in [0.15, 0.2) is 0 Å². The van der Waals surface area contributed by atoms with Crippen LogP contribution in [0.5, 0.6) is 0 Å². The second-order valence-electron chi connectivity index (χ2n) is 3.67. The smallest absolute Gasteiger partial charge is 0.207 e. The van der Waals surface area contributed by atoms with E-state index >= 15 is 0 Å². The number of hydrogen-bond donors (Lipinski definition) is 1. The lowest BCUT2D eigenvalue weighted by Crippen LogP contribution is -2.06. The van der Waals surface area contributed by atoms with Crippen molar-refractivity contribution in [3.05, 3.63) is 53.8 Å². The Kier molecular flexibility index (Phi) is 3.49. The second-order valence-corrected chi connectivity index (χ2v) is 4.08. The fraction of sp³-hybridized carbons (Fsp3) is 0.154. The molecular weight excluding hydrogens is 234 g/mol. The monoisotopic (exact) mass is 247 g/mol. The molecule has 0 aliphatic heterocycles. The van der Waals surface area contributed by atoms with Gasteiger partial charge >= 0.3 is 0 Å². The van der Waals surface area contributed by atoms with Gasteiger partial charge in [-0.3, -0.25) is 4.57 Å².